The van der Waals surface area contributed by atoms with Crippen LogP contribution in [0.25, 0.3) is 10.8 Å². The number of primary sulfonamides is 1. The highest BCUT2D eigenvalue weighted by Crippen LogP contribution is 2.32. The van der Waals surface area contributed by atoms with E-state index in [2.05, 4.69) is 15.9 Å². The fraction of sp³-hybridized carbons (Fsp3) is 0.167. The van der Waals surface area contributed by atoms with E-state index >= 15 is 0 Å². The van der Waals surface area contributed by atoms with E-state index in [1.54, 1.807) is 6.07 Å². The van der Waals surface area contributed by atoms with E-state index in [0.717, 1.165) is 15.2 Å². The van der Waals surface area contributed by atoms with Crippen LogP contribution in [0.15, 0.2) is 40.9 Å². The van der Waals surface area contributed by atoms with Gasteiger partial charge in [-0.1, -0.05) is 30.3 Å². The largest absolute Gasteiger partial charge is 0.491 e. The molecule has 18 heavy (non-hydrogen) atoms. The number of rotatable bonds is 4. The lowest BCUT2D eigenvalue weighted by atomic mass is 10.1. The van der Waals surface area contributed by atoms with Gasteiger partial charge in [-0.2, -0.15) is 0 Å². The second kappa shape index (κ2) is 5.26. The normalized spacial score (nSPS) is 11.7. The van der Waals surface area contributed by atoms with E-state index in [-0.39, 0.29) is 12.4 Å². The Balaban J connectivity index is 2.22. The highest BCUT2D eigenvalue weighted by atomic mass is 79.9. The molecule has 0 aliphatic heterocycles. The number of hydrogen-bond acceptors (Lipinski definition) is 3. The molecule has 0 atom stereocenters. The maximum absolute atomic E-state index is 10.8. The molecule has 2 N–H and O–H groups in total. The van der Waals surface area contributed by atoms with Crippen LogP contribution in [0.3, 0.4) is 0 Å². The molecule has 0 fully saturated rings. The van der Waals surface area contributed by atoms with Gasteiger partial charge in [-0.25, -0.2) is 13.6 Å². The third kappa shape index (κ3) is 3.22. The Bertz CT molecular complexity index is 670. The van der Waals surface area contributed by atoms with Crippen molar-refractivity contribution in [2.24, 2.45) is 5.14 Å². The van der Waals surface area contributed by atoms with Crippen molar-refractivity contribution in [3.63, 3.8) is 0 Å². The third-order valence-electron chi connectivity index (χ3n) is 2.45. The Kier molecular flexibility index (Phi) is 3.89. The number of sulfonamides is 1. The lowest BCUT2D eigenvalue weighted by Gasteiger charge is -2.09. The molecule has 0 saturated carbocycles. The van der Waals surface area contributed by atoms with Gasteiger partial charge in [0, 0.05) is 0 Å². The summed E-state index contributed by atoms with van der Waals surface area (Å²) >= 11 is 3.46. The van der Waals surface area contributed by atoms with Crippen molar-refractivity contribution in [1.29, 1.82) is 0 Å². The van der Waals surface area contributed by atoms with Gasteiger partial charge in [-0.05, 0) is 32.8 Å². The van der Waals surface area contributed by atoms with Crippen molar-refractivity contribution in [3.8, 4) is 5.75 Å². The zero-order valence-electron chi connectivity index (χ0n) is 9.47. The van der Waals surface area contributed by atoms with E-state index in [0.29, 0.717) is 5.75 Å². The van der Waals surface area contributed by atoms with Crippen molar-refractivity contribution >= 4 is 36.7 Å². The number of fused-ring (bicyclic) bond motifs is 1. The van der Waals surface area contributed by atoms with Crippen molar-refractivity contribution in [3.05, 3.63) is 40.9 Å². The molecule has 96 valence electrons. The first-order chi connectivity index (χ1) is 8.47. The summed E-state index contributed by atoms with van der Waals surface area (Å²) in [5, 5.41) is 7.01. The van der Waals surface area contributed by atoms with Gasteiger partial charge < -0.3 is 4.74 Å². The maximum Gasteiger partial charge on any atom is 0.212 e. The first-order valence-corrected chi connectivity index (χ1v) is 7.79. The molecule has 0 spiro atoms. The second-order valence-corrected chi connectivity index (χ2v) is 6.34. The SMILES string of the molecule is NS(=O)(=O)CCOc1ccc2ccccc2c1Br. The average Bonchev–Trinajstić information content (AvgIpc) is 2.31. The molecule has 2 aromatic carbocycles. The monoisotopic (exact) mass is 329 g/mol. The van der Waals surface area contributed by atoms with Crippen LogP contribution in [0.1, 0.15) is 0 Å². The Hall–Kier alpha value is -1.11. The van der Waals surface area contributed by atoms with E-state index in [4.69, 9.17) is 9.88 Å². The minimum absolute atomic E-state index is 0.0375. The van der Waals surface area contributed by atoms with E-state index < -0.39 is 10.0 Å². The van der Waals surface area contributed by atoms with Crippen LogP contribution in [0.4, 0.5) is 0 Å². The van der Waals surface area contributed by atoms with E-state index in [1.807, 2.05) is 30.3 Å². The second-order valence-electron chi connectivity index (χ2n) is 3.81. The predicted molar refractivity (Wildman–Crippen MR) is 75.1 cm³/mol. The third-order valence-corrected chi connectivity index (χ3v) is 4.01. The number of hydrogen-bond donors (Lipinski definition) is 1. The Labute approximate surface area is 114 Å². The van der Waals surface area contributed by atoms with Crippen molar-refractivity contribution in [2.75, 3.05) is 12.4 Å². The van der Waals surface area contributed by atoms with Gasteiger partial charge in [-0.3, -0.25) is 0 Å². The first kappa shape index (κ1) is 13.3. The van der Waals surface area contributed by atoms with Gasteiger partial charge in [0.2, 0.25) is 10.0 Å². The quantitative estimate of drug-likeness (QED) is 0.935. The number of nitrogens with two attached hydrogens (primary N) is 1. The summed E-state index contributed by atoms with van der Waals surface area (Å²) in [6.07, 6.45) is 0. The lowest BCUT2D eigenvalue weighted by Crippen LogP contribution is -2.21. The van der Waals surface area contributed by atoms with Crippen LogP contribution in [0, 0.1) is 0 Å². The standard InChI is InChI=1S/C12H12BrNO3S/c13-12-10-4-2-1-3-9(10)5-6-11(12)17-7-8-18(14,15)16/h1-6H,7-8H2,(H2,14,15,16). The average molecular weight is 330 g/mol. The molecule has 0 amide bonds. The minimum Gasteiger partial charge on any atom is -0.491 e. The van der Waals surface area contributed by atoms with E-state index in [1.165, 1.54) is 0 Å². The van der Waals surface area contributed by atoms with Crippen molar-refractivity contribution < 1.29 is 13.2 Å². The first-order valence-electron chi connectivity index (χ1n) is 5.28. The van der Waals surface area contributed by atoms with Crippen LogP contribution in [0.5, 0.6) is 5.75 Å². The molecule has 0 bridgehead atoms. The molecule has 0 aliphatic rings. The summed E-state index contributed by atoms with van der Waals surface area (Å²) in [5.74, 6) is 0.407. The Morgan fingerprint density at radius 2 is 1.89 bits per heavy atom. The highest BCUT2D eigenvalue weighted by molar-refractivity contribution is 9.10. The number of benzene rings is 2. The molecule has 6 heteroatoms. The molecular weight excluding hydrogens is 318 g/mol. The summed E-state index contributed by atoms with van der Waals surface area (Å²) in [7, 11) is -3.49. The van der Waals surface area contributed by atoms with E-state index in [9.17, 15) is 8.42 Å². The molecule has 0 aliphatic carbocycles. The van der Waals surface area contributed by atoms with Gasteiger partial charge in [-0.15, -0.1) is 0 Å². The minimum atomic E-state index is -3.49. The summed E-state index contributed by atoms with van der Waals surface area (Å²) in [6, 6.07) is 11.6. The molecule has 2 rings (SSSR count). The fourth-order valence-electron chi connectivity index (χ4n) is 1.59. The predicted octanol–water partition coefficient (Wildman–Crippen LogP) is 2.27. The topological polar surface area (TPSA) is 69.4 Å². The van der Waals surface area contributed by atoms with Gasteiger partial charge >= 0.3 is 0 Å². The molecule has 0 heterocycles. The van der Waals surface area contributed by atoms with Crippen molar-refractivity contribution in [1.82, 2.24) is 0 Å². The van der Waals surface area contributed by atoms with Gasteiger partial charge in [0.25, 0.3) is 0 Å². The molecule has 0 saturated heterocycles. The molecule has 4 nitrogen and oxygen atoms in total. The Morgan fingerprint density at radius 3 is 2.61 bits per heavy atom. The van der Waals surface area contributed by atoms with Crippen LogP contribution in [-0.2, 0) is 10.0 Å². The number of halogens is 1. The van der Waals surface area contributed by atoms with Crippen LogP contribution < -0.4 is 9.88 Å². The summed E-state index contributed by atoms with van der Waals surface area (Å²) in [4.78, 5) is 0. The maximum atomic E-state index is 10.8. The highest BCUT2D eigenvalue weighted by Gasteiger charge is 2.07. The summed E-state index contributed by atoms with van der Waals surface area (Å²) in [6.45, 7) is 0.0375. The number of ether oxygens (including phenoxy) is 1. The summed E-state index contributed by atoms with van der Waals surface area (Å²) < 4.78 is 27.8. The van der Waals surface area contributed by atoms with Crippen LogP contribution >= 0.6 is 15.9 Å². The van der Waals surface area contributed by atoms with Gasteiger partial charge in [0.05, 0.1) is 10.2 Å². The zero-order chi connectivity index (χ0) is 13.2. The Morgan fingerprint density at radius 1 is 1.17 bits per heavy atom. The van der Waals surface area contributed by atoms with Crippen LogP contribution in [-0.4, -0.2) is 20.8 Å². The fourth-order valence-corrected chi connectivity index (χ4v) is 2.52. The smallest absolute Gasteiger partial charge is 0.212 e. The molecule has 0 aromatic heterocycles. The molecule has 0 radical (unpaired) electrons. The van der Waals surface area contributed by atoms with Gasteiger partial charge in [0.15, 0.2) is 0 Å². The van der Waals surface area contributed by atoms with Crippen molar-refractivity contribution in [2.45, 2.75) is 0 Å². The van der Waals surface area contributed by atoms with Crippen LogP contribution in [0.2, 0.25) is 0 Å². The summed E-state index contributed by atoms with van der Waals surface area (Å²) in [5.41, 5.74) is 0. The molecule has 0 unspecified atom stereocenters. The molecular formula is C12H12BrNO3S. The lowest BCUT2D eigenvalue weighted by molar-refractivity contribution is 0.339. The zero-order valence-corrected chi connectivity index (χ0v) is 11.9. The molecule has 2 aromatic rings. The van der Waals surface area contributed by atoms with Gasteiger partial charge in [0.1, 0.15) is 12.4 Å².